The minimum atomic E-state index is -1.09. The van der Waals surface area contributed by atoms with Crippen molar-refractivity contribution in [3.8, 4) is 11.5 Å². The molecule has 2 amide bonds. The molecule has 4 rings (SSSR count). The van der Waals surface area contributed by atoms with Crippen LogP contribution in [0.3, 0.4) is 0 Å². The zero-order chi connectivity index (χ0) is 24.2. The first-order valence-electron chi connectivity index (χ1n) is 10.9. The summed E-state index contributed by atoms with van der Waals surface area (Å²) in [6, 6.07) is 15.2. The van der Waals surface area contributed by atoms with Gasteiger partial charge in [-0.3, -0.25) is 14.5 Å². The highest BCUT2D eigenvalue weighted by molar-refractivity contribution is 8.24. The van der Waals surface area contributed by atoms with Crippen LogP contribution in [0, 0.1) is 0 Å². The van der Waals surface area contributed by atoms with Gasteiger partial charge in [0.1, 0.15) is 29.0 Å². The molecule has 0 aromatic heterocycles. The first-order chi connectivity index (χ1) is 16.3. The molecule has 2 aromatic carbocycles. The number of likely N-dealkylation sites (N-methyl/N-ethyl adjacent to an activating group) is 1. The van der Waals surface area contributed by atoms with Crippen LogP contribution in [0.4, 0.5) is 4.79 Å². The highest BCUT2D eigenvalue weighted by Crippen LogP contribution is 2.31. The Morgan fingerprint density at radius 3 is 2.24 bits per heavy atom. The molecule has 1 N–H and O–H groups in total. The molecule has 2 aliphatic heterocycles. The van der Waals surface area contributed by atoms with Gasteiger partial charge in [0.25, 0.3) is 0 Å². The van der Waals surface area contributed by atoms with Gasteiger partial charge in [-0.1, -0.05) is 48.2 Å². The van der Waals surface area contributed by atoms with E-state index in [9.17, 15) is 14.4 Å². The molecule has 0 radical (unpaired) electrons. The number of aliphatic carboxylic acids is 1. The van der Waals surface area contributed by atoms with Crippen LogP contribution in [-0.2, 0) is 27.2 Å². The quantitative estimate of drug-likeness (QED) is 0.521. The normalized spacial score (nSPS) is 20.1. The van der Waals surface area contributed by atoms with Gasteiger partial charge in [-0.05, 0) is 55.2 Å². The van der Waals surface area contributed by atoms with E-state index in [0.717, 1.165) is 22.4 Å². The first-order valence-corrected chi connectivity index (χ1v) is 12.2. The van der Waals surface area contributed by atoms with Gasteiger partial charge in [-0.2, -0.15) is 0 Å². The highest BCUT2D eigenvalue weighted by Gasteiger charge is 2.37. The summed E-state index contributed by atoms with van der Waals surface area (Å²) in [5.41, 5.74) is 2.03. The van der Waals surface area contributed by atoms with Crippen LogP contribution in [0.5, 0.6) is 11.5 Å². The summed E-state index contributed by atoms with van der Waals surface area (Å²) in [5, 5.41) is 8.53. The fourth-order valence-electron chi connectivity index (χ4n) is 3.96. The number of nitrogens with zero attached hydrogens (tertiary/aromatic N) is 2. The largest absolute Gasteiger partial charge is 0.480 e. The molecule has 34 heavy (non-hydrogen) atoms. The molecule has 2 aliphatic rings. The van der Waals surface area contributed by atoms with Crippen molar-refractivity contribution in [1.82, 2.24) is 9.80 Å². The number of thiocarbonyl (C=S) groups is 1. The van der Waals surface area contributed by atoms with E-state index in [1.807, 2.05) is 55.5 Å². The number of ether oxygens (including phenoxy) is 2. The lowest BCUT2D eigenvalue weighted by Crippen LogP contribution is -2.36. The van der Waals surface area contributed by atoms with E-state index in [-0.39, 0.29) is 18.0 Å². The number of cyclic esters (lactones) is 1. The third kappa shape index (κ3) is 5.51. The van der Waals surface area contributed by atoms with Gasteiger partial charge < -0.3 is 19.5 Å². The van der Waals surface area contributed by atoms with Gasteiger partial charge in [0.15, 0.2) is 0 Å². The van der Waals surface area contributed by atoms with E-state index in [2.05, 4.69) is 0 Å². The van der Waals surface area contributed by atoms with Gasteiger partial charge >= 0.3 is 12.1 Å². The van der Waals surface area contributed by atoms with Crippen molar-refractivity contribution in [3.63, 3.8) is 0 Å². The van der Waals surface area contributed by atoms with Crippen LogP contribution in [-0.4, -0.2) is 68.2 Å². The standard InChI is InChI=1S/C24H24N2O6S2/c1-2-25-17(14-31-23(25)30)11-15-3-7-18(8-4-15)32-19-9-5-16(6-10-19)12-20-22(29)26(13-21(27)28)24(33)34-20/h3-10,17,20H,2,11-14H2,1H3,(H,27,28). The van der Waals surface area contributed by atoms with Crippen LogP contribution in [0.25, 0.3) is 0 Å². The van der Waals surface area contributed by atoms with E-state index >= 15 is 0 Å². The molecular formula is C24H24N2O6S2. The fraction of sp³-hybridized carbons (Fsp3) is 0.333. The van der Waals surface area contributed by atoms with Gasteiger partial charge in [0, 0.05) is 6.54 Å². The topological polar surface area (TPSA) is 96.4 Å². The number of carboxylic acid groups (broad SMARTS) is 1. The van der Waals surface area contributed by atoms with Crippen molar-refractivity contribution >= 4 is 46.3 Å². The van der Waals surface area contributed by atoms with Gasteiger partial charge in [0.2, 0.25) is 5.91 Å². The van der Waals surface area contributed by atoms with Crippen molar-refractivity contribution < 1.29 is 29.0 Å². The average Bonchev–Trinajstić information content (AvgIpc) is 3.29. The number of thioether (sulfide) groups is 1. The van der Waals surface area contributed by atoms with Gasteiger partial charge in [-0.25, -0.2) is 4.79 Å². The summed E-state index contributed by atoms with van der Waals surface area (Å²) in [5.74, 6) is 0.00105. The second-order valence-corrected chi connectivity index (χ2v) is 9.84. The zero-order valence-electron chi connectivity index (χ0n) is 18.5. The molecule has 10 heteroatoms. The lowest BCUT2D eigenvalue weighted by molar-refractivity contribution is -0.141. The molecule has 2 aromatic rings. The van der Waals surface area contributed by atoms with Crippen LogP contribution in [0.1, 0.15) is 18.1 Å². The number of amides is 2. The van der Waals surface area contributed by atoms with Crippen molar-refractivity contribution in [2.24, 2.45) is 0 Å². The molecule has 2 unspecified atom stereocenters. The number of hydrogen-bond donors (Lipinski definition) is 1. The molecule has 2 heterocycles. The van der Waals surface area contributed by atoms with E-state index in [1.54, 1.807) is 4.90 Å². The smallest absolute Gasteiger partial charge is 0.410 e. The van der Waals surface area contributed by atoms with E-state index < -0.39 is 17.8 Å². The molecule has 0 bridgehead atoms. The Morgan fingerprint density at radius 1 is 1.09 bits per heavy atom. The van der Waals surface area contributed by atoms with Crippen LogP contribution in [0.15, 0.2) is 48.5 Å². The zero-order valence-corrected chi connectivity index (χ0v) is 20.1. The maximum absolute atomic E-state index is 12.5. The summed E-state index contributed by atoms with van der Waals surface area (Å²) in [6.45, 7) is 2.57. The summed E-state index contributed by atoms with van der Waals surface area (Å²) >= 11 is 6.37. The molecular weight excluding hydrogens is 476 g/mol. The van der Waals surface area contributed by atoms with Crippen molar-refractivity contribution in [2.45, 2.75) is 31.1 Å². The average molecular weight is 501 g/mol. The molecule has 8 nitrogen and oxygen atoms in total. The number of benzene rings is 2. The molecule has 0 aliphatic carbocycles. The summed E-state index contributed by atoms with van der Waals surface area (Å²) in [7, 11) is 0. The molecule has 178 valence electrons. The predicted octanol–water partition coefficient (Wildman–Crippen LogP) is 3.72. The van der Waals surface area contributed by atoms with Crippen molar-refractivity contribution in [3.05, 3.63) is 59.7 Å². The van der Waals surface area contributed by atoms with Gasteiger partial charge in [-0.15, -0.1) is 0 Å². The fourth-order valence-corrected chi connectivity index (χ4v) is 5.49. The molecule has 2 atom stereocenters. The van der Waals surface area contributed by atoms with Crippen LogP contribution in [0.2, 0.25) is 0 Å². The summed E-state index contributed by atoms with van der Waals surface area (Å²) in [4.78, 5) is 38.0. The third-order valence-corrected chi connectivity index (χ3v) is 7.27. The number of carboxylic acids is 1. The van der Waals surface area contributed by atoms with E-state index in [0.29, 0.717) is 35.4 Å². The van der Waals surface area contributed by atoms with Crippen LogP contribution < -0.4 is 4.74 Å². The third-order valence-electron chi connectivity index (χ3n) is 5.69. The lowest BCUT2D eigenvalue weighted by Gasteiger charge is -2.19. The maximum atomic E-state index is 12.5. The summed E-state index contributed by atoms with van der Waals surface area (Å²) < 4.78 is 11.4. The highest BCUT2D eigenvalue weighted by atomic mass is 32.2. The number of rotatable bonds is 9. The van der Waals surface area contributed by atoms with Crippen molar-refractivity contribution in [2.75, 3.05) is 19.7 Å². The second-order valence-electron chi connectivity index (χ2n) is 8.01. The monoisotopic (exact) mass is 500 g/mol. The van der Waals surface area contributed by atoms with E-state index in [4.69, 9.17) is 26.8 Å². The Kier molecular flexibility index (Phi) is 7.38. The number of carbonyl (C=O) groups is 3. The van der Waals surface area contributed by atoms with Crippen LogP contribution >= 0.6 is 24.0 Å². The summed E-state index contributed by atoms with van der Waals surface area (Å²) in [6.07, 6.45) is 0.920. The molecule has 0 spiro atoms. The number of hydrogen-bond acceptors (Lipinski definition) is 7. The molecule has 0 saturated carbocycles. The minimum Gasteiger partial charge on any atom is -0.480 e. The predicted molar refractivity (Wildman–Crippen MR) is 131 cm³/mol. The Labute approximate surface area is 206 Å². The molecule has 2 fully saturated rings. The SMILES string of the molecule is CCN1C(=O)OCC1Cc1ccc(Oc2ccc(CC3SC(=S)N(CC(=O)O)C3=O)cc2)cc1. The number of carbonyl (C=O) groups excluding carboxylic acids is 2. The minimum absolute atomic E-state index is 0.0484. The molecule has 2 saturated heterocycles. The Bertz CT molecular complexity index is 1090. The van der Waals surface area contributed by atoms with Gasteiger partial charge in [0.05, 0.1) is 11.3 Å². The first kappa shape index (κ1) is 24.0. The maximum Gasteiger partial charge on any atom is 0.410 e. The van der Waals surface area contributed by atoms with E-state index in [1.165, 1.54) is 11.8 Å². The Balaban J connectivity index is 1.31. The van der Waals surface area contributed by atoms with Crippen molar-refractivity contribution in [1.29, 1.82) is 0 Å². The Hall–Kier alpha value is -3.11. The lowest BCUT2D eigenvalue weighted by atomic mass is 10.1. The second kappa shape index (κ2) is 10.4. The Morgan fingerprint density at radius 2 is 1.68 bits per heavy atom.